The van der Waals surface area contributed by atoms with Gasteiger partial charge in [0.15, 0.2) is 0 Å². The summed E-state index contributed by atoms with van der Waals surface area (Å²) in [6.45, 7) is 7.47. The van der Waals surface area contributed by atoms with Gasteiger partial charge >= 0.3 is 0 Å². The molecule has 1 saturated heterocycles. The lowest BCUT2D eigenvalue weighted by atomic mass is 9.68. The molecule has 3 nitrogen and oxygen atoms in total. The van der Waals surface area contributed by atoms with Gasteiger partial charge in [-0.05, 0) is 50.4 Å². The van der Waals surface area contributed by atoms with Crippen molar-refractivity contribution in [3.8, 4) is 0 Å². The van der Waals surface area contributed by atoms with E-state index in [1.165, 1.54) is 19.3 Å². The number of likely N-dealkylation sites (tertiary alicyclic amines) is 1. The Bertz CT molecular complexity index is 452. The Balaban J connectivity index is 2.21. The van der Waals surface area contributed by atoms with Crippen molar-refractivity contribution in [3.05, 3.63) is 35.9 Å². The molecule has 1 aromatic rings. The molecule has 1 aromatic carbocycles. The zero-order valence-corrected chi connectivity index (χ0v) is 13.3. The van der Waals surface area contributed by atoms with Crippen LogP contribution in [-0.4, -0.2) is 30.4 Å². The predicted octanol–water partition coefficient (Wildman–Crippen LogP) is 2.94. The third-order valence-corrected chi connectivity index (χ3v) is 4.99. The average Bonchev–Trinajstić information content (AvgIpc) is 2.49. The second-order valence-electron chi connectivity index (χ2n) is 6.51. The van der Waals surface area contributed by atoms with Crippen LogP contribution in [0.2, 0.25) is 0 Å². The molecular weight excluding hydrogens is 260 g/mol. The van der Waals surface area contributed by atoms with Gasteiger partial charge in [-0.15, -0.1) is 0 Å². The predicted molar refractivity (Wildman–Crippen MR) is 87.1 cm³/mol. The Morgan fingerprint density at radius 1 is 1.19 bits per heavy atom. The highest BCUT2D eigenvalue weighted by atomic mass is 16.1. The van der Waals surface area contributed by atoms with Gasteiger partial charge in [0.2, 0.25) is 5.91 Å². The van der Waals surface area contributed by atoms with Gasteiger partial charge in [0.05, 0.1) is 5.41 Å². The minimum Gasteiger partial charge on any atom is -0.369 e. The van der Waals surface area contributed by atoms with Crippen LogP contribution in [-0.2, 0) is 10.2 Å². The molecule has 0 bridgehead atoms. The molecule has 2 rings (SSSR count). The molecule has 0 spiro atoms. The van der Waals surface area contributed by atoms with Crippen molar-refractivity contribution in [2.45, 2.75) is 44.9 Å². The van der Waals surface area contributed by atoms with E-state index in [1.807, 2.05) is 30.3 Å². The summed E-state index contributed by atoms with van der Waals surface area (Å²) in [5.41, 5.74) is 6.37. The number of amides is 1. The molecule has 0 unspecified atom stereocenters. The molecule has 2 N–H and O–H groups in total. The molecule has 116 valence electrons. The lowest BCUT2D eigenvalue weighted by Crippen LogP contribution is -2.48. The molecule has 1 amide bonds. The van der Waals surface area contributed by atoms with Crippen LogP contribution in [0.3, 0.4) is 0 Å². The summed E-state index contributed by atoms with van der Waals surface area (Å²) in [6, 6.07) is 10.1. The van der Waals surface area contributed by atoms with Crippen LogP contribution in [0.4, 0.5) is 0 Å². The monoisotopic (exact) mass is 288 g/mol. The Morgan fingerprint density at radius 2 is 1.81 bits per heavy atom. The summed E-state index contributed by atoms with van der Waals surface area (Å²) in [6.07, 6.45) is 4.69. The molecule has 3 heteroatoms. The van der Waals surface area contributed by atoms with Crippen LogP contribution in [0, 0.1) is 5.92 Å². The van der Waals surface area contributed by atoms with E-state index in [0.717, 1.165) is 31.6 Å². The van der Waals surface area contributed by atoms with E-state index in [2.05, 4.69) is 18.7 Å². The van der Waals surface area contributed by atoms with Crippen molar-refractivity contribution in [2.24, 2.45) is 11.7 Å². The Kier molecular flexibility index (Phi) is 5.40. The molecular formula is C18H28N2O. The van der Waals surface area contributed by atoms with E-state index in [0.29, 0.717) is 0 Å². The maximum absolute atomic E-state index is 12.3. The Morgan fingerprint density at radius 3 is 2.33 bits per heavy atom. The molecule has 1 atom stereocenters. The maximum atomic E-state index is 12.3. The summed E-state index contributed by atoms with van der Waals surface area (Å²) >= 11 is 0. The van der Waals surface area contributed by atoms with E-state index >= 15 is 0 Å². The van der Waals surface area contributed by atoms with E-state index in [4.69, 9.17) is 5.73 Å². The third-order valence-electron chi connectivity index (χ3n) is 4.99. The standard InChI is InChI=1S/C18H28N2O/c1-15(2)18(17(19)21,16-9-5-3-6-10-16)11-14-20-12-7-4-8-13-20/h3,5-6,9-10,15H,4,7-8,11-14H2,1-2H3,(H2,19,21)/t18-/m1/s1. The molecule has 1 aliphatic rings. The summed E-state index contributed by atoms with van der Waals surface area (Å²) in [7, 11) is 0. The van der Waals surface area contributed by atoms with E-state index in [1.54, 1.807) is 0 Å². The van der Waals surface area contributed by atoms with Crippen molar-refractivity contribution < 1.29 is 4.79 Å². The summed E-state index contributed by atoms with van der Waals surface area (Å²) in [5.74, 6) is 0.00269. The summed E-state index contributed by atoms with van der Waals surface area (Å²) in [5, 5.41) is 0. The van der Waals surface area contributed by atoms with Crippen LogP contribution in [0.25, 0.3) is 0 Å². The highest BCUT2D eigenvalue weighted by Gasteiger charge is 2.41. The van der Waals surface area contributed by atoms with Crippen LogP contribution < -0.4 is 5.73 Å². The molecule has 1 heterocycles. The van der Waals surface area contributed by atoms with Crippen LogP contribution in [0.1, 0.15) is 45.1 Å². The lowest BCUT2D eigenvalue weighted by Gasteiger charge is -2.38. The zero-order valence-electron chi connectivity index (χ0n) is 13.3. The Hall–Kier alpha value is -1.35. The highest BCUT2D eigenvalue weighted by Crippen LogP contribution is 2.36. The molecule has 21 heavy (non-hydrogen) atoms. The second-order valence-corrected chi connectivity index (χ2v) is 6.51. The van der Waals surface area contributed by atoms with Crippen LogP contribution in [0.15, 0.2) is 30.3 Å². The molecule has 0 radical (unpaired) electrons. The number of carbonyl (C=O) groups excluding carboxylic acids is 1. The fourth-order valence-corrected chi connectivity index (χ4v) is 3.57. The summed E-state index contributed by atoms with van der Waals surface area (Å²) < 4.78 is 0. The van der Waals surface area contributed by atoms with Gasteiger partial charge < -0.3 is 10.6 Å². The van der Waals surface area contributed by atoms with Crippen molar-refractivity contribution in [1.82, 2.24) is 4.90 Å². The SMILES string of the molecule is CC(C)[C@@](CCN1CCCCC1)(C(N)=O)c1ccccc1. The van der Waals surface area contributed by atoms with Crippen molar-refractivity contribution in [3.63, 3.8) is 0 Å². The first-order chi connectivity index (χ1) is 10.1. The zero-order chi connectivity index (χ0) is 15.3. The minimum atomic E-state index is -0.557. The number of nitrogens with two attached hydrogens (primary N) is 1. The number of hydrogen-bond acceptors (Lipinski definition) is 2. The van der Waals surface area contributed by atoms with Crippen molar-refractivity contribution in [2.75, 3.05) is 19.6 Å². The van der Waals surface area contributed by atoms with Gasteiger partial charge in [-0.25, -0.2) is 0 Å². The van der Waals surface area contributed by atoms with E-state index in [9.17, 15) is 4.79 Å². The molecule has 0 saturated carbocycles. The number of primary amides is 1. The van der Waals surface area contributed by atoms with Gasteiger partial charge in [0.25, 0.3) is 0 Å². The lowest BCUT2D eigenvalue weighted by molar-refractivity contribution is -0.125. The highest BCUT2D eigenvalue weighted by molar-refractivity contribution is 5.87. The number of benzene rings is 1. The quantitative estimate of drug-likeness (QED) is 0.875. The van der Waals surface area contributed by atoms with Gasteiger partial charge in [0, 0.05) is 0 Å². The van der Waals surface area contributed by atoms with Gasteiger partial charge in [-0.1, -0.05) is 50.6 Å². The minimum absolute atomic E-state index is 0.194. The fourth-order valence-electron chi connectivity index (χ4n) is 3.57. The largest absolute Gasteiger partial charge is 0.369 e. The molecule has 0 aromatic heterocycles. The number of carbonyl (C=O) groups is 1. The van der Waals surface area contributed by atoms with Crippen LogP contribution in [0.5, 0.6) is 0 Å². The van der Waals surface area contributed by atoms with Gasteiger partial charge in [-0.3, -0.25) is 4.79 Å². The number of hydrogen-bond donors (Lipinski definition) is 1. The topological polar surface area (TPSA) is 46.3 Å². The first-order valence-corrected chi connectivity index (χ1v) is 8.15. The Labute approximate surface area is 128 Å². The second kappa shape index (κ2) is 7.08. The molecule has 1 aliphatic heterocycles. The van der Waals surface area contributed by atoms with Crippen molar-refractivity contribution in [1.29, 1.82) is 0 Å². The van der Waals surface area contributed by atoms with Crippen LogP contribution >= 0.6 is 0 Å². The smallest absolute Gasteiger partial charge is 0.228 e. The molecule has 1 fully saturated rings. The van der Waals surface area contributed by atoms with Crippen molar-refractivity contribution >= 4 is 5.91 Å². The van der Waals surface area contributed by atoms with Gasteiger partial charge in [0.1, 0.15) is 0 Å². The fraction of sp³-hybridized carbons (Fsp3) is 0.611. The number of piperidine rings is 1. The number of rotatable bonds is 6. The van der Waals surface area contributed by atoms with E-state index in [-0.39, 0.29) is 11.8 Å². The normalized spacial score (nSPS) is 19.4. The maximum Gasteiger partial charge on any atom is 0.228 e. The summed E-state index contributed by atoms with van der Waals surface area (Å²) in [4.78, 5) is 14.8. The van der Waals surface area contributed by atoms with Gasteiger partial charge in [-0.2, -0.15) is 0 Å². The average molecular weight is 288 g/mol. The van der Waals surface area contributed by atoms with E-state index < -0.39 is 5.41 Å². The first-order valence-electron chi connectivity index (χ1n) is 8.15. The first kappa shape index (κ1) is 16.0. The third kappa shape index (κ3) is 3.46. The molecule has 0 aliphatic carbocycles. The number of nitrogens with zero attached hydrogens (tertiary/aromatic N) is 1.